The third kappa shape index (κ3) is 2.55. The quantitative estimate of drug-likeness (QED) is 0.374. The van der Waals surface area contributed by atoms with Crippen LogP contribution in [0.15, 0.2) is 55.0 Å². The van der Waals surface area contributed by atoms with Crippen molar-refractivity contribution in [2.75, 3.05) is 0 Å². The maximum absolute atomic E-state index is 8.86. The lowest BCUT2D eigenvalue weighted by Gasteiger charge is -2.35. The van der Waals surface area contributed by atoms with Gasteiger partial charge in [-0.1, -0.05) is 46.8 Å². The molecule has 5 rings (SSSR count). The molecule has 2 heterocycles. The van der Waals surface area contributed by atoms with Gasteiger partial charge < -0.3 is 0 Å². The van der Waals surface area contributed by atoms with E-state index in [1.54, 1.807) is 0 Å². The summed E-state index contributed by atoms with van der Waals surface area (Å²) in [7, 11) is 0. The van der Waals surface area contributed by atoms with Crippen LogP contribution in [-0.2, 0) is 11.8 Å². The third-order valence-corrected chi connectivity index (χ3v) is 5.76. The molecule has 4 aromatic rings. The van der Waals surface area contributed by atoms with Crippen LogP contribution < -0.4 is 0 Å². The van der Waals surface area contributed by atoms with Crippen LogP contribution in [0.25, 0.3) is 32.8 Å². The summed E-state index contributed by atoms with van der Waals surface area (Å²) in [4.78, 5) is 9.08. The summed E-state index contributed by atoms with van der Waals surface area (Å²) in [5.41, 5.74) is 4.43. The molecule has 0 unspecified atom stereocenters. The second-order valence-corrected chi connectivity index (χ2v) is 9.40. The molecule has 0 aliphatic heterocycles. The fourth-order valence-electron chi connectivity index (χ4n) is 4.51. The number of benzene rings is 2. The Labute approximate surface area is 169 Å². The highest BCUT2D eigenvalue weighted by molar-refractivity contribution is 6.04. The average Bonchev–Trinajstić information content (AvgIpc) is 2.69. The highest BCUT2D eigenvalue weighted by Crippen LogP contribution is 2.49. The molecular formula is C26H26N2. The summed E-state index contributed by atoms with van der Waals surface area (Å²) in [6, 6.07) is 12.6. The molecule has 140 valence electrons. The lowest BCUT2D eigenvalue weighted by molar-refractivity contribution is 0.411. The summed E-state index contributed by atoms with van der Waals surface area (Å²) in [6.07, 6.45) is 4.12. The van der Waals surface area contributed by atoms with E-state index in [0.717, 1.165) is 43.9 Å². The number of hydrogen-bond donors (Lipinski definition) is 0. The van der Waals surface area contributed by atoms with Crippen molar-refractivity contribution in [3.8, 4) is 11.3 Å². The van der Waals surface area contributed by atoms with Crippen LogP contribution in [0, 0.1) is 5.41 Å². The van der Waals surface area contributed by atoms with Crippen molar-refractivity contribution in [3.63, 3.8) is 0 Å². The Hall–Kier alpha value is -2.74. The van der Waals surface area contributed by atoms with Crippen molar-refractivity contribution in [1.82, 2.24) is 9.97 Å². The molecule has 0 N–H and O–H groups in total. The number of fused-ring (bicyclic) bond motifs is 3. The molecule has 1 aliphatic rings. The fourth-order valence-corrected chi connectivity index (χ4v) is 4.51. The largest absolute Gasteiger partial charge is 0.264 e. The zero-order valence-electron chi connectivity index (χ0n) is 19.1. The zero-order valence-corrected chi connectivity index (χ0v) is 17.1. The molecule has 0 fully saturated rings. The minimum Gasteiger partial charge on any atom is -0.264 e. The van der Waals surface area contributed by atoms with Gasteiger partial charge in [-0.3, -0.25) is 9.97 Å². The molecule has 2 aromatic heterocycles. The molecule has 0 saturated heterocycles. The van der Waals surface area contributed by atoms with Crippen LogP contribution in [-0.4, -0.2) is 9.97 Å². The Balaban J connectivity index is 1.90. The van der Waals surface area contributed by atoms with Crippen molar-refractivity contribution < 1.29 is 2.74 Å². The van der Waals surface area contributed by atoms with Crippen molar-refractivity contribution in [1.29, 1.82) is 0 Å². The standard InChI is InChI=1S/C26H26N2/c1-25(2,3)14-16-10-18-7-9-28-24-20-12-17-6-8-27-15-19(17)13-21(20)26(4,5)22(11-16)23(18)24/h6-13,15H,14H2,1-5H3/i14D2. The van der Waals surface area contributed by atoms with Gasteiger partial charge >= 0.3 is 0 Å². The van der Waals surface area contributed by atoms with Gasteiger partial charge in [-0.25, -0.2) is 0 Å². The van der Waals surface area contributed by atoms with Crippen molar-refractivity contribution in [2.24, 2.45) is 5.41 Å². The maximum Gasteiger partial charge on any atom is 0.0786 e. The number of pyridine rings is 2. The Kier molecular flexibility index (Phi) is 3.06. The second-order valence-electron chi connectivity index (χ2n) is 9.40. The molecule has 2 nitrogen and oxygen atoms in total. The molecule has 0 atom stereocenters. The first-order chi connectivity index (χ1) is 14.0. The number of rotatable bonds is 1. The van der Waals surface area contributed by atoms with Crippen molar-refractivity contribution >= 4 is 21.5 Å². The summed E-state index contributed by atoms with van der Waals surface area (Å²) in [5.74, 6) is 0. The predicted octanol–water partition coefficient (Wildman–Crippen LogP) is 6.68. The Bertz CT molecular complexity index is 1330. The van der Waals surface area contributed by atoms with Gasteiger partial charge in [0.05, 0.1) is 5.69 Å². The Morgan fingerprint density at radius 3 is 2.50 bits per heavy atom. The van der Waals surface area contributed by atoms with Gasteiger partial charge in [-0.05, 0) is 63.5 Å². The van der Waals surface area contributed by atoms with Crippen LogP contribution in [0.5, 0.6) is 0 Å². The van der Waals surface area contributed by atoms with Gasteiger partial charge in [0.15, 0.2) is 0 Å². The second kappa shape index (κ2) is 5.64. The van der Waals surface area contributed by atoms with E-state index >= 15 is 0 Å². The number of hydrogen-bond acceptors (Lipinski definition) is 2. The van der Waals surface area contributed by atoms with E-state index in [9.17, 15) is 0 Å². The van der Waals surface area contributed by atoms with E-state index in [1.807, 2.05) is 57.6 Å². The van der Waals surface area contributed by atoms with Crippen molar-refractivity contribution in [3.05, 3.63) is 71.7 Å². The normalized spacial score (nSPS) is 16.6. The zero-order chi connectivity index (χ0) is 21.5. The first-order valence-corrected chi connectivity index (χ1v) is 9.84. The summed E-state index contributed by atoms with van der Waals surface area (Å²) < 4.78 is 17.7. The molecule has 2 heteroatoms. The third-order valence-electron chi connectivity index (χ3n) is 5.76. The molecule has 0 saturated carbocycles. The Morgan fingerprint density at radius 2 is 1.71 bits per heavy atom. The molecular weight excluding hydrogens is 340 g/mol. The maximum atomic E-state index is 8.86. The van der Waals surface area contributed by atoms with Crippen LogP contribution in [0.1, 0.15) is 54.1 Å². The van der Waals surface area contributed by atoms with Gasteiger partial charge in [-0.15, -0.1) is 0 Å². The molecule has 0 amide bonds. The lowest BCUT2D eigenvalue weighted by atomic mass is 9.68. The molecule has 1 aliphatic carbocycles. The minimum atomic E-state index is -1.45. The van der Waals surface area contributed by atoms with E-state index < -0.39 is 11.8 Å². The van der Waals surface area contributed by atoms with Gasteiger partial charge in [0.2, 0.25) is 0 Å². The van der Waals surface area contributed by atoms with Crippen LogP contribution in [0.2, 0.25) is 0 Å². The van der Waals surface area contributed by atoms with Crippen LogP contribution >= 0.6 is 0 Å². The summed E-state index contributed by atoms with van der Waals surface area (Å²) >= 11 is 0. The fraction of sp³-hybridized carbons (Fsp3) is 0.308. The Morgan fingerprint density at radius 1 is 0.929 bits per heavy atom. The van der Waals surface area contributed by atoms with E-state index in [1.165, 1.54) is 5.56 Å². The molecule has 2 aromatic carbocycles. The molecule has 0 bridgehead atoms. The van der Waals surface area contributed by atoms with Gasteiger partial charge in [0.1, 0.15) is 0 Å². The lowest BCUT2D eigenvalue weighted by Crippen LogP contribution is -2.24. The van der Waals surface area contributed by atoms with Crippen molar-refractivity contribution in [2.45, 2.75) is 46.4 Å². The number of nitrogens with zero attached hydrogens (tertiary/aromatic N) is 2. The SMILES string of the molecule is [2H]C([2H])(c1cc2c3c(nccc3c1)-c1cc3ccncc3cc1C2(C)C)C(C)(C)C. The van der Waals surface area contributed by atoms with Gasteiger partial charge in [-0.2, -0.15) is 0 Å². The van der Waals surface area contributed by atoms with E-state index in [4.69, 9.17) is 7.73 Å². The first kappa shape index (κ1) is 15.2. The van der Waals surface area contributed by atoms with Gasteiger partial charge in [0, 0.05) is 43.1 Å². The summed E-state index contributed by atoms with van der Waals surface area (Å²) in [5, 5.41) is 4.45. The van der Waals surface area contributed by atoms with E-state index in [0.29, 0.717) is 0 Å². The average molecular weight is 369 g/mol. The summed E-state index contributed by atoms with van der Waals surface area (Å²) in [6.45, 7) is 10.3. The monoisotopic (exact) mass is 368 g/mol. The van der Waals surface area contributed by atoms with Crippen LogP contribution in [0.3, 0.4) is 0 Å². The highest BCUT2D eigenvalue weighted by atomic mass is 14.7. The van der Waals surface area contributed by atoms with E-state index in [2.05, 4.69) is 37.0 Å². The molecule has 0 spiro atoms. The first-order valence-electron chi connectivity index (χ1n) is 10.8. The van der Waals surface area contributed by atoms with E-state index in [-0.39, 0.29) is 5.41 Å². The smallest absolute Gasteiger partial charge is 0.0786 e. The van der Waals surface area contributed by atoms with Gasteiger partial charge in [0.25, 0.3) is 0 Å². The predicted molar refractivity (Wildman–Crippen MR) is 118 cm³/mol. The molecule has 28 heavy (non-hydrogen) atoms. The highest BCUT2D eigenvalue weighted by Gasteiger charge is 2.35. The van der Waals surface area contributed by atoms with Crippen LogP contribution in [0.4, 0.5) is 0 Å². The minimum absolute atomic E-state index is 0.280. The number of aromatic nitrogens is 2. The molecule has 0 radical (unpaired) electrons. The topological polar surface area (TPSA) is 25.8 Å².